The van der Waals surface area contributed by atoms with Crippen molar-refractivity contribution >= 4 is 17.9 Å². The van der Waals surface area contributed by atoms with E-state index in [0.29, 0.717) is 12.7 Å². The van der Waals surface area contributed by atoms with Gasteiger partial charge in [0.25, 0.3) is 0 Å². The van der Waals surface area contributed by atoms with Crippen molar-refractivity contribution in [3.05, 3.63) is 35.4 Å². The summed E-state index contributed by atoms with van der Waals surface area (Å²) in [7, 11) is 0. The van der Waals surface area contributed by atoms with Crippen LogP contribution in [0.4, 0.5) is 0 Å². The molecule has 1 aromatic rings. The fourth-order valence-electron chi connectivity index (χ4n) is 0.511. The molecule has 0 saturated carbocycles. The normalized spacial score (nSPS) is 11.0. The Morgan fingerprint density at radius 1 is 1.46 bits per heavy atom. The summed E-state index contributed by atoms with van der Waals surface area (Å²) in [5.74, 6) is 0. The Bertz CT molecular complexity index is 224. The first-order chi connectivity index (χ1) is 6.20. The largest absolute Gasteiger partial charge is 0.386 e. The molecule has 1 atom stereocenters. The first-order valence-electron chi connectivity index (χ1n) is 4.04. The van der Waals surface area contributed by atoms with Gasteiger partial charge in [-0.3, -0.25) is 0 Å². The lowest BCUT2D eigenvalue weighted by molar-refractivity contribution is -0.114. The van der Waals surface area contributed by atoms with Crippen LogP contribution in [-0.2, 0) is 4.79 Å². The molecule has 0 aromatic heterocycles. The molecule has 0 fully saturated rings. The first-order valence-corrected chi connectivity index (χ1v) is 4.42. The molecule has 1 rings (SSSR count). The van der Waals surface area contributed by atoms with Crippen LogP contribution in [-0.4, -0.2) is 17.5 Å². The summed E-state index contributed by atoms with van der Waals surface area (Å²) in [6, 6.07) is 9.44. The number of carbonyl (C=O) groups is 1. The van der Waals surface area contributed by atoms with Crippen LogP contribution in [0.2, 0.25) is 5.02 Å². The molecular formula is C10H13ClO2. The van der Waals surface area contributed by atoms with Crippen molar-refractivity contribution in [1.29, 1.82) is 0 Å². The van der Waals surface area contributed by atoms with Crippen molar-refractivity contribution in [3.63, 3.8) is 0 Å². The molecule has 0 saturated heterocycles. The third-order valence-corrected chi connectivity index (χ3v) is 1.56. The Morgan fingerprint density at radius 2 is 2.00 bits per heavy atom. The van der Waals surface area contributed by atoms with E-state index in [4.69, 9.17) is 16.7 Å². The first kappa shape index (κ1) is 12.1. The van der Waals surface area contributed by atoms with Crippen molar-refractivity contribution in [3.8, 4) is 0 Å². The van der Waals surface area contributed by atoms with E-state index in [0.717, 1.165) is 5.02 Å². The van der Waals surface area contributed by atoms with E-state index in [1.165, 1.54) is 0 Å². The van der Waals surface area contributed by atoms with Crippen LogP contribution in [0.25, 0.3) is 0 Å². The molecule has 0 heterocycles. The number of carbonyl (C=O) groups excluding carboxylic acids is 1. The standard InChI is InChI=1S/C6H5Cl.C4H8O2/c7-6-4-2-1-3-5-6;1-2-4(6)3-5/h1-5H;3-4,6H,2H2,1H3. The summed E-state index contributed by atoms with van der Waals surface area (Å²) in [5.41, 5.74) is 0. The average molecular weight is 201 g/mol. The molecule has 1 unspecified atom stereocenters. The molecule has 0 aliphatic rings. The second-order valence-electron chi connectivity index (χ2n) is 2.41. The SMILES string of the molecule is CCC(O)C=O.Clc1ccccc1. The third-order valence-electron chi connectivity index (χ3n) is 1.31. The van der Waals surface area contributed by atoms with Gasteiger partial charge in [-0.05, 0) is 18.6 Å². The molecule has 0 aliphatic carbocycles. The van der Waals surface area contributed by atoms with Crippen LogP contribution >= 0.6 is 11.6 Å². The number of halogens is 1. The zero-order valence-electron chi connectivity index (χ0n) is 7.48. The van der Waals surface area contributed by atoms with Crippen LogP contribution in [0.1, 0.15) is 13.3 Å². The van der Waals surface area contributed by atoms with Crippen LogP contribution in [0.5, 0.6) is 0 Å². The van der Waals surface area contributed by atoms with Crippen LogP contribution in [0.3, 0.4) is 0 Å². The number of hydrogen-bond acceptors (Lipinski definition) is 2. The van der Waals surface area contributed by atoms with Crippen molar-refractivity contribution in [1.82, 2.24) is 0 Å². The number of hydrogen-bond donors (Lipinski definition) is 1. The molecule has 1 N–H and O–H groups in total. The Morgan fingerprint density at radius 3 is 2.15 bits per heavy atom. The van der Waals surface area contributed by atoms with Gasteiger partial charge in [0.2, 0.25) is 0 Å². The zero-order valence-corrected chi connectivity index (χ0v) is 8.24. The van der Waals surface area contributed by atoms with Gasteiger partial charge in [0, 0.05) is 5.02 Å². The topological polar surface area (TPSA) is 37.3 Å². The molecule has 0 bridgehead atoms. The Labute approximate surface area is 83.2 Å². The zero-order chi connectivity index (χ0) is 10.1. The Hall–Kier alpha value is -0.860. The van der Waals surface area contributed by atoms with Gasteiger partial charge in [-0.15, -0.1) is 0 Å². The second-order valence-corrected chi connectivity index (χ2v) is 2.84. The Balaban J connectivity index is 0.000000226. The highest BCUT2D eigenvalue weighted by atomic mass is 35.5. The fraction of sp³-hybridized carbons (Fsp3) is 0.300. The quantitative estimate of drug-likeness (QED) is 0.744. The molecule has 0 aliphatic heterocycles. The van der Waals surface area contributed by atoms with E-state index < -0.39 is 6.10 Å². The van der Waals surface area contributed by atoms with E-state index in [1.54, 1.807) is 6.92 Å². The highest BCUT2D eigenvalue weighted by molar-refractivity contribution is 6.30. The van der Waals surface area contributed by atoms with E-state index in [-0.39, 0.29) is 0 Å². The molecule has 1 aromatic carbocycles. The minimum absolute atomic E-state index is 0.517. The Kier molecular flexibility index (Phi) is 7.26. The molecule has 0 spiro atoms. The van der Waals surface area contributed by atoms with Gasteiger partial charge < -0.3 is 9.90 Å². The monoisotopic (exact) mass is 200 g/mol. The van der Waals surface area contributed by atoms with E-state index >= 15 is 0 Å². The van der Waals surface area contributed by atoms with Crippen molar-refractivity contribution in [2.24, 2.45) is 0 Å². The lowest BCUT2D eigenvalue weighted by Crippen LogP contribution is -2.03. The van der Waals surface area contributed by atoms with Crippen LogP contribution in [0.15, 0.2) is 30.3 Å². The molecule has 0 radical (unpaired) electrons. The third kappa shape index (κ3) is 7.50. The van der Waals surface area contributed by atoms with E-state index in [2.05, 4.69) is 0 Å². The van der Waals surface area contributed by atoms with Gasteiger partial charge in [0.15, 0.2) is 0 Å². The summed E-state index contributed by atoms with van der Waals surface area (Å²) >= 11 is 5.54. The summed E-state index contributed by atoms with van der Waals surface area (Å²) in [6.07, 6.45) is 0.300. The number of aldehydes is 1. The second kappa shape index (κ2) is 7.77. The maximum atomic E-state index is 9.49. The van der Waals surface area contributed by atoms with E-state index in [1.807, 2.05) is 30.3 Å². The molecule has 72 valence electrons. The lowest BCUT2D eigenvalue weighted by atomic mass is 10.3. The van der Waals surface area contributed by atoms with Crippen molar-refractivity contribution in [2.75, 3.05) is 0 Å². The summed E-state index contributed by atoms with van der Waals surface area (Å²) in [6.45, 7) is 1.75. The molecule has 13 heavy (non-hydrogen) atoms. The number of aliphatic hydroxyl groups excluding tert-OH is 1. The predicted molar refractivity (Wildman–Crippen MR) is 53.8 cm³/mol. The summed E-state index contributed by atoms with van der Waals surface area (Å²) < 4.78 is 0. The highest BCUT2D eigenvalue weighted by Crippen LogP contribution is 2.03. The summed E-state index contributed by atoms with van der Waals surface area (Å²) in [5, 5.41) is 9.09. The molecule has 2 nitrogen and oxygen atoms in total. The van der Waals surface area contributed by atoms with Gasteiger partial charge in [-0.1, -0.05) is 36.7 Å². The number of aliphatic hydroxyl groups is 1. The lowest BCUT2D eigenvalue weighted by Gasteiger charge is -1.89. The van der Waals surface area contributed by atoms with Crippen LogP contribution in [0, 0.1) is 0 Å². The highest BCUT2D eigenvalue weighted by Gasteiger charge is 1.91. The number of benzene rings is 1. The maximum Gasteiger partial charge on any atom is 0.148 e. The molecule has 0 amide bonds. The molecule has 3 heteroatoms. The van der Waals surface area contributed by atoms with Crippen LogP contribution < -0.4 is 0 Å². The van der Waals surface area contributed by atoms with Gasteiger partial charge in [0.1, 0.15) is 12.4 Å². The maximum absolute atomic E-state index is 9.49. The molecular weight excluding hydrogens is 188 g/mol. The van der Waals surface area contributed by atoms with Gasteiger partial charge in [-0.25, -0.2) is 0 Å². The smallest absolute Gasteiger partial charge is 0.148 e. The number of rotatable bonds is 2. The van der Waals surface area contributed by atoms with E-state index in [9.17, 15) is 4.79 Å². The van der Waals surface area contributed by atoms with Gasteiger partial charge in [0.05, 0.1) is 0 Å². The summed E-state index contributed by atoms with van der Waals surface area (Å²) in [4.78, 5) is 9.49. The predicted octanol–water partition coefficient (Wildman–Crippen LogP) is 2.30. The van der Waals surface area contributed by atoms with Crippen molar-refractivity contribution < 1.29 is 9.90 Å². The minimum atomic E-state index is -0.745. The minimum Gasteiger partial charge on any atom is -0.386 e. The van der Waals surface area contributed by atoms with Crippen molar-refractivity contribution in [2.45, 2.75) is 19.4 Å². The fourth-order valence-corrected chi connectivity index (χ4v) is 0.656. The van der Waals surface area contributed by atoms with Gasteiger partial charge >= 0.3 is 0 Å². The average Bonchev–Trinajstić information content (AvgIpc) is 2.19. The van der Waals surface area contributed by atoms with Gasteiger partial charge in [-0.2, -0.15) is 0 Å².